The molecule has 1 aromatic carbocycles. The maximum Gasteiger partial charge on any atom is 0.134 e. The fourth-order valence-corrected chi connectivity index (χ4v) is 3.80. The highest BCUT2D eigenvalue weighted by molar-refractivity contribution is 5.52. The van der Waals surface area contributed by atoms with E-state index < -0.39 is 0 Å². The summed E-state index contributed by atoms with van der Waals surface area (Å²) >= 11 is 0. The minimum absolute atomic E-state index is 0.183. The largest absolute Gasteiger partial charge is 0.394 e. The molecule has 5 heteroatoms. The van der Waals surface area contributed by atoms with E-state index in [9.17, 15) is 5.11 Å². The van der Waals surface area contributed by atoms with Crippen molar-refractivity contribution >= 4 is 11.6 Å². The van der Waals surface area contributed by atoms with E-state index in [0.717, 1.165) is 43.9 Å². The van der Waals surface area contributed by atoms with Crippen LogP contribution in [-0.2, 0) is 6.42 Å². The molecule has 2 atom stereocenters. The van der Waals surface area contributed by atoms with E-state index in [4.69, 9.17) is 0 Å². The highest BCUT2D eigenvalue weighted by Gasteiger charge is 2.26. The molecule has 1 aromatic heterocycles. The third-order valence-corrected chi connectivity index (χ3v) is 4.99. The van der Waals surface area contributed by atoms with Crippen molar-refractivity contribution in [1.82, 2.24) is 9.97 Å². The van der Waals surface area contributed by atoms with Crippen LogP contribution in [0.2, 0.25) is 0 Å². The van der Waals surface area contributed by atoms with Crippen molar-refractivity contribution in [3.63, 3.8) is 0 Å². The average Bonchev–Trinajstić information content (AvgIpc) is 3.22. The lowest BCUT2D eigenvalue weighted by molar-refractivity contribution is 0.266. The van der Waals surface area contributed by atoms with E-state index >= 15 is 0 Å². The molecule has 4 rings (SSSR count). The summed E-state index contributed by atoms with van der Waals surface area (Å²) in [7, 11) is 0. The van der Waals surface area contributed by atoms with E-state index in [-0.39, 0.29) is 12.6 Å². The number of fused-ring (bicyclic) bond motifs is 1. The van der Waals surface area contributed by atoms with Gasteiger partial charge in [0, 0.05) is 12.6 Å². The third-order valence-electron chi connectivity index (χ3n) is 4.99. The van der Waals surface area contributed by atoms with Crippen molar-refractivity contribution in [3.8, 4) is 0 Å². The molecule has 1 aliphatic heterocycles. The van der Waals surface area contributed by atoms with Crippen LogP contribution in [0.15, 0.2) is 36.7 Å². The van der Waals surface area contributed by atoms with Crippen LogP contribution in [0.1, 0.15) is 36.4 Å². The number of anilines is 2. The summed E-state index contributed by atoms with van der Waals surface area (Å²) in [4.78, 5) is 11.0. The van der Waals surface area contributed by atoms with Gasteiger partial charge >= 0.3 is 0 Å². The Labute approximate surface area is 136 Å². The molecule has 0 amide bonds. The lowest BCUT2D eigenvalue weighted by atomic mass is 10.1. The van der Waals surface area contributed by atoms with E-state index in [0.29, 0.717) is 6.04 Å². The van der Waals surface area contributed by atoms with Gasteiger partial charge in [0.1, 0.15) is 18.0 Å². The molecule has 23 heavy (non-hydrogen) atoms. The van der Waals surface area contributed by atoms with Crippen LogP contribution in [-0.4, -0.2) is 34.3 Å². The normalized spacial score (nSPS) is 23.1. The smallest absolute Gasteiger partial charge is 0.134 e. The zero-order valence-corrected chi connectivity index (χ0v) is 13.2. The minimum atomic E-state index is 0.183. The highest BCUT2D eigenvalue weighted by atomic mass is 16.3. The fourth-order valence-electron chi connectivity index (χ4n) is 3.80. The number of aryl methyl sites for hydroxylation is 1. The van der Waals surface area contributed by atoms with Gasteiger partial charge in [0.05, 0.1) is 18.7 Å². The molecular weight excluding hydrogens is 288 g/mol. The summed E-state index contributed by atoms with van der Waals surface area (Å²) in [5, 5.41) is 13.1. The predicted octanol–water partition coefficient (Wildman–Crippen LogP) is 2.54. The van der Waals surface area contributed by atoms with E-state index in [1.807, 2.05) is 6.07 Å². The number of aliphatic hydroxyl groups is 1. The quantitative estimate of drug-likeness (QED) is 0.909. The van der Waals surface area contributed by atoms with Crippen LogP contribution in [0.3, 0.4) is 0 Å². The molecule has 120 valence electrons. The molecule has 0 spiro atoms. The highest BCUT2D eigenvalue weighted by Crippen LogP contribution is 2.34. The van der Waals surface area contributed by atoms with Crippen molar-refractivity contribution in [1.29, 1.82) is 0 Å². The summed E-state index contributed by atoms with van der Waals surface area (Å²) < 4.78 is 0. The second-order valence-corrected chi connectivity index (χ2v) is 6.37. The Morgan fingerprint density at radius 2 is 2.13 bits per heavy atom. The number of hydrogen-bond acceptors (Lipinski definition) is 5. The Bertz CT molecular complexity index is 690. The van der Waals surface area contributed by atoms with Gasteiger partial charge in [-0.3, -0.25) is 0 Å². The summed E-state index contributed by atoms with van der Waals surface area (Å²) in [6.07, 6.45) is 5.96. The molecule has 0 bridgehead atoms. The Balaban J connectivity index is 1.53. The summed E-state index contributed by atoms with van der Waals surface area (Å²) in [6.45, 7) is 1.14. The van der Waals surface area contributed by atoms with Gasteiger partial charge in [-0.25, -0.2) is 9.97 Å². The summed E-state index contributed by atoms with van der Waals surface area (Å²) in [5.41, 5.74) is 2.81. The summed E-state index contributed by atoms with van der Waals surface area (Å²) in [5.74, 6) is 1.77. The number of aliphatic hydroxyl groups excluding tert-OH is 1. The first-order valence-electron chi connectivity index (χ1n) is 8.39. The van der Waals surface area contributed by atoms with Crippen molar-refractivity contribution < 1.29 is 5.11 Å². The Kier molecular flexibility index (Phi) is 3.87. The monoisotopic (exact) mass is 310 g/mol. The number of benzene rings is 1. The molecule has 2 aliphatic rings. The average molecular weight is 310 g/mol. The van der Waals surface area contributed by atoms with Crippen molar-refractivity contribution in [2.75, 3.05) is 23.4 Å². The van der Waals surface area contributed by atoms with Gasteiger partial charge in [0.25, 0.3) is 0 Å². The first kappa shape index (κ1) is 14.5. The molecule has 1 saturated heterocycles. The van der Waals surface area contributed by atoms with Crippen LogP contribution in [0.5, 0.6) is 0 Å². The molecule has 2 N–H and O–H groups in total. The van der Waals surface area contributed by atoms with Gasteiger partial charge in [-0.05, 0) is 36.8 Å². The topological polar surface area (TPSA) is 61.3 Å². The standard InChI is InChI=1S/C18H22N4O/c23-11-14-5-3-9-22(14)18-10-17(19-12-20-18)21-16-8-7-13-4-1-2-6-15(13)16/h1-2,4,6,10,12,14,16,23H,3,5,7-9,11H2,(H,19,20,21)/t14-,16+/m0/s1. The van der Waals surface area contributed by atoms with Crippen LogP contribution >= 0.6 is 0 Å². The van der Waals surface area contributed by atoms with Crippen LogP contribution < -0.4 is 10.2 Å². The molecule has 1 fully saturated rings. The molecule has 0 unspecified atom stereocenters. The first-order chi connectivity index (χ1) is 11.3. The second-order valence-electron chi connectivity index (χ2n) is 6.37. The zero-order valence-electron chi connectivity index (χ0n) is 13.2. The van der Waals surface area contributed by atoms with Crippen LogP contribution in [0, 0.1) is 0 Å². The molecule has 2 aromatic rings. The fraction of sp³-hybridized carbons (Fsp3) is 0.444. The Hall–Kier alpha value is -2.14. The predicted molar refractivity (Wildman–Crippen MR) is 90.6 cm³/mol. The first-order valence-corrected chi connectivity index (χ1v) is 8.39. The van der Waals surface area contributed by atoms with Gasteiger partial charge in [-0.15, -0.1) is 0 Å². The van der Waals surface area contributed by atoms with Crippen LogP contribution in [0.25, 0.3) is 0 Å². The molecule has 0 radical (unpaired) electrons. The molecule has 2 heterocycles. The lowest BCUT2D eigenvalue weighted by Crippen LogP contribution is -2.32. The maximum atomic E-state index is 9.51. The third kappa shape index (κ3) is 2.77. The Morgan fingerprint density at radius 1 is 1.22 bits per heavy atom. The Morgan fingerprint density at radius 3 is 3.04 bits per heavy atom. The number of hydrogen-bond donors (Lipinski definition) is 2. The minimum Gasteiger partial charge on any atom is -0.394 e. The molecular formula is C18H22N4O. The van der Waals surface area contributed by atoms with E-state index in [1.165, 1.54) is 11.1 Å². The van der Waals surface area contributed by atoms with Crippen molar-refractivity contribution in [3.05, 3.63) is 47.8 Å². The number of aromatic nitrogens is 2. The van der Waals surface area contributed by atoms with Gasteiger partial charge in [-0.2, -0.15) is 0 Å². The van der Waals surface area contributed by atoms with E-state index in [1.54, 1.807) is 6.33 Å². The van der Waals surface area contributed by atoms with Gasteiger partial charge in [0.2, 0.25) is 0 Å². The second kappa shape index (κ2) is 6.16. The van der Waals surface area contributed by atoms with Gasteiger partial charge in [0.15, 0.2) is 0 Å². The molecule has 0 saturated carbocycles. The molecule has 5 nitrogen and oxygen atoms in total. The lowest BCUT2D eigenvalue weighted by Gasteiger charge is -2.24. The SMILES string of the molecule is OC[C@@H]1CCCN1c1cc(N[C@@H]2CCc3ccccc32)ncn1. The molecule has 1 aliphatic carbocycles. The summed E-state index contributed by atoms with van der Waals surface area (Å²) in [6, 6.07) is 11.1. The van der Waals surface area contributed by atoms with Gasteiger partial charge < -0.3 is 15.3 Å². The van der Waals surface area contributed by atoms with Crippen molar-refractivity contribution in [2.45, 2.75) is 37.8 Å². The van der Waals surface area contributed by atoms with E-state index in [2.05, 4.69) is 44.5 Å². The van der Waals surface area contributed by atoms with Crippen LogP contribution in [0.4, 0.5) is 11.6 Å². The number of nitrogens with one attached hydrogen (secondary N) is 1. The van der Waals surface area contributed by atoms with Gasteiger partial charge in [-0.1, -0.05) is 24.3 Å². The number of nitrogens with zero attached hydrogens (tertiary/aromatic N) is 3. The number of rotatable bonds is 4. The maximum absolute atomic E-state index is 9.51. The zero-order chi connectivity index (χ0) is 15.6. The van der Waals surface area contributed by atoms with Crippen molar-refractivity contribution in [2.24, 2.45) is 0 Å².